The van der Waals surface area contributed by atoms with Gasteiger partial charge in [0.25, 0.3) is 0 Å². The van der Waals surface area contributed by atoms with Gasteiger partial charge in [-0.05, 0) is 60.2 Å². The zero-order valence-corrected chi connectivity index (χ0v) is 15.4. The van der Waals surface area contributed by atoms with E-state index in [0.717, 1.165) is 28.9 Å². The van der Waals surface area contributed by atoms with Crippen LogP contribution in [-0.4, -0.2) is 4.57 Å². The van der Waals surface area contributed by atoms with Gasteiger partial charge in [0, 0.05) is 28.2 Å². The Balaban J connectivity index is 2.15. The van der Waals surface area contributed by atoms with Crippen LogP contribution in [0.3, 0.4) is 0 Å². The number of nitrogens with zero attached hydrogens (tertiary/aromatic N) is 1. The van der Waals surface area contributed by atoms with E-state index in [9.17, 15) is 4.39 Å². The molecule has 24 heavy (non-hydrogen) atoms. The summed E-state index contributed by atoms with van der Waals surface area (Å²) in [7, 11) is 0. The fourth-order valence-electron chi connectivity index (χ4n) is 3.23. The summed E-state index contributed by atoms with van der Waals surface area (Å²) in [6.07, 6.45) is 0.947. The van der Waals surface area contributed by atoms with Crippen molar-refractivity contribution in [2.75, 3.05) is 0 Å². The topological polar surface area (TPSA) is 4.93 Å². The summed E-state index contributed by atoms with van der Waals surface area (Å²) in [5, 5.41) is 1.74. The first-order chi connectivity index (χ1) is 11.2. The summed E-state index contributed by atoms with van der Waals surface area (Å²) < 4.78 is 16.1. The molecule has 1 nitrogen and oxygen atoms in total. The molecule has 0 atom stereocenters. The summed E-state index contributed by atoms with van der Waals surface area (Å²) >= 11 is 6.00. The lowest BCUT2D eigenvalue weighted by Crippen LogP contribution is -2.15. The highest BCUT2D eigenvalue weighted by Crippen LogP contribution is 2.32. The van der Waals surface area contributed by atoms with Crippen LogP contribution in [0.5, 0.6) is 0 Å². The molecule has 3 aromatic rings. The number of rotatable bonds is 3. The Labute approximate surface area is 148 Å². The Morgan fingerprint density at radius 2 is 1.71 bits per heavy atom. The Morgan fingerprint density at radius 1 is 1.04 bits per heavy atom. The number of fused-ring (bicyclic) bond motifs is 1. The molecule has 126 valence electrons. The van der Waals surface area contributed by atoms with Crippen molar-refractivity contribution in [3.63, 3.8) is 0 Å². The van der Waals surface area contributed by atoms with Gasteiger partial charge in [-0.25, -0.2) is 4.39 Å². The van der Waals surface area contributed by atoms with Crippen LogP contribution in [0, 0.1) is 18.2 Å². The van der Waals surface area contributed by atoms with Gasteiger partial charge in [0.05, 0.1) is 0 Å². The Morgan fingerprint density at radius 3 is 2.33 bits per heavy atom. The second-order valence-electron chi connectivity index (χ2n) is 7.68. The summed E-state index contributed by atoms with van der Waals surface area (Å²) in [4.78, 5) is 0. The predicted molar refractivity (Wildman–Crippen MR) is 100 cm³/mol. The molecule has 2 aromatic carbocycles. The molecule has 0 fully saturated rings. The van der Waals surface area contributed by atoms with E-state index in [1.54, 1.807) is 12.1 Å². The lowest BCUT2D eigenvalue weighted by molar-refractivity contribution is 0.399. The first-order valence-corrected chi connectivity index (χ1v) is 8.64. The standard InChI is InChI=1S/C21H23ClFN/c1-14-18-11-17(23)9-10-19(18)24(20(14)12-21(2,3)4)13-15-5-7-16(22)8-6-15/h5-11H,12-13H2,1-4H3. The van der Waals surface area contributed by atoms with Crippen LogP contribution in [0.4, 0.5) is 4.39 Å². The quantitative estimate of drug-likeness (QED) is 0.520. The fourth-order valence-corrected chi connectivity index (χ4v) is 3.36. The van der Waals surface area contributed by atoms with E-state index in [1.807, 2.05) is 30.3 Å². The fraction of sp³-hybridized carbons (Fsp3) is 0.333. The molecule has 0 aliphatic rings. The van der Waals surface area contributed by atoms with Crippen molar-refractivity contribution >= 4 is 22.5 Å². The van der Waals surface area contributed by atoms with Crippen molar-refractivity contribution in [1.82, 2.24) is 4.57 Å². The normalized spacial score (nSPS) is 12.1. The lowest BCUT2D eigenvalue weighted by atomic mass is 9.89. The third kappa shape index (κ3) is 3.49. The van der Waals surface area contributed by atoms with Crippen LogP contribution in [0.25, 0.3) is 10.9 Å². The number of benzene rings is 2. The van der Waals surface area contributed by atoms with Gasteiger partial charge in [0.15, 0.2) is 0 Å². The minimum absolute atomic E-state index is 0.162. The molecule has 0 bridgehead atoms. The Bertz CT molecular complexity index is 869. The van der Waals surface area contributed by atoms with Crippen molar-refractivity contribution < 1.29 is 4.39 Å². The number of hydrogen-bond donors (Lipinski definition) is 0. The first-order valence-electron chi connectivity index (χ1n) is 8.26. The molecule has 0 aliphatic carbocycles. The molecule has 0 unspecified atom stereocenters. The average Bonchev–Trinajstić information content (AvgIpc) is 2.73. The molecule has 3 heteroatoms. The molecule has 3 rings (SSSR count). The average molecular weight is 344 g/mol. The van der Waals surface area contributed by atoms with E-state index in [4.69, 9.17) is 11.6 Å². The smallest absolute Gasteiger partial charge is 0.123 e. The zero-order chi connectivity index (χ0) is 17.5. The SMILES string of the molecule is Cc1c(CC(C)(C)C)n(Cc2ccc(Cl)cc2)c2ccc(F)cc12. The molecule has 1 aromatic heterocycles. The van der Waals surface area contributed by atoms with Gasteiger partial charge in [-0.3, -0.25) is 0 Å². The molecule has 1 heterocycles. The van der Waals surface area contributed by atoms with E-state index in [-0.39, 0.29) is 11.2 Å². The molecule has 0 saturated heterocycles. The minimum atomic E-state index is -0.184. The first kappa shape index (κ1) is 17.0. The number of halogens is 2. The largest absolute Gasteiger partial charge is 0.340 e. The van der Waals surface area contributed by atoms with Crippen molar-refractivity contribution in [1.29, 1.82) is 0 Å². The van der Waals surface area contributed by atoms with Crippen molar-refractivity contribution in [2.24, 2.45) is 5.41 Å². The highest BCUT2D eigenvalue weighted by molar-refractivity contribution is 6.30. The van der Waals surface area contributed by atoms with Gasteiger partial charge in [0.2, 0.25) is 0 Å². The summed E-state index contributed by atoms with van der Waals surface area (Å²) in [5.41, 5.74) is 4.89. The maximum absolute atomic E-state index is 13.7. The van der Waals surface area contributed by atoms with Crippen LogP contribution in [0.15, 0.2) is 42.5 Å². The summed E-state index contributed by atoms with van der Waals surface area (Å²) in [5.74, 6) is -0.184. The lowest BCUT2D eigenvalue weighted by Gasteiger charge is -2.21. The summed E-state index contributed by atoms with van der Waals surface area (Å²) in [6, 6.07) is 13.0. The Kier molecular flexibility index (Phi) is 4.44. The van der Waals surface area contributed by atoms with Gasteiger partial charge < -0.3 is 4.57 Å². The van der Waals surface area contributed by atoms with E-state index < -0.39 is 0 Å². The number of aromatic nitrogens is 1. The molecule has 0 spiro atoms. The number of hydrogen-bond acceptors (Lipinski definition) is 0. The highest BCUT2D eigenvalue weighted by Gasteiger charge is 2.20. The van der Waals surface area contributed by atoms with Gasteiger partial charge in [0.1, 0.15) is 5.82 Å². The van der Waals surface area contributed by atoms with E-state index in [0.29, 0.717) is 0 Å². The van der Waals surface area contributed by atoms with E-state index in [1.165, 1.54) is 16.8 Å². The van der Waals surface area contributed by atoms with Gasteiger partial charge in [-0.15, -0.1) is 0 Å². The van der Waals surface area contributed by atoms with Crippen LogP contribution >= 0.6 is 11.6 Å². The van der Waals surface area contributed by atoms with Crippen LogP contribution in [0.2, 0.25) is 5.02 Å². The van der Waals surface area contributed by atoms with Crippen molar-refractivity contribution in [3.05, 3.63) is 70.1 Å². The van der Waals surface area contributed by atoms with Gasteiger partial charge >= 0.3 is 0 Å². The second kappa shape index (κ2) is 6.25. The summed E-state index contributed by atoms with van der Waals surface area (Å²) in [6.45, 7) is 9.56. The molecule has 0 radical (unpaired) electrons. The zero-order valence-electron chi connectivity index (χ0n) is 14.7. The molecule has 0 aliphatic heterocycles. The van der Waals surface area contributed by atoms with Crippen LogP contribution < -0.4 is 0 Å². The number of aryl methyl sites for hydroxylation is 1. The third-order valence-electron chi connectivity index (χ3n) is 4.36. The monoisotopic (exact) mass is 343 g/mol. The molecule has 0 N–H and O–H groups in total. The molecular formula is C21H23ClFN. The van der Waals surface area contributed by atoms with E-state index >= 15 is 0 Å². The highest BCUT2D eigenvalue weighted by atomic mass is 35.5. The van der Waals surface area contributed by atoms with Gasteiger partial charge in [-0.2, -0.15) is 0 Å². The van der Waals surface area contributed by atoms with Crippen molar-refractivity contribution in [3.8, 4) is 0 Å². The molecule has 0 amide bonds. The Hall–Kier alpha value is -1.80. The third-order valence-corrected chi connectivity index (χ3v) is 4.62. The van der Waals surface area contributed by atoms with Gasteiger partial charge in [-0.1, -0.05) is 44.5 Å². The van der Waals surface area contributed by atoms with Crippen LogP contribution in [0.1, 0.15) is 37.6 Å². The molecular weight excluding hydrogens is 321 g/mol. The van der Waals surface area contributed by atoms with E-state index in [2.05, 4.69) is 32.3 Å². The van der Waals surface area contributed by atoms with Crippen LogP contribution in [-0.2, 0) is 13.0 Å². The second-order valence-corrected chi connectivity index (χ2v) is 8.12. The maximum Gasteiger partial charge on any atom is 0.123 e. The van der Waals surface area contributed by atoms with Crippen molar-refractivity contribution in [2.45, 2.75) is 40.7 Å². The molecule has 0 saturated carbocycles. The maximum atomic E-state index is 13.7. The minimum Gasteiger partial charge on any atom is -0.340 e. The predicted octanol–water partition coefficient (Wildman–Crippen LogP) is 6.38.